The number of thioether (sulfide) groups is 1. The summed E-state index contributed by atoms with van der Waals surface area (Å²) in [4.78, 5) is 18.5. The number of rotatable bonds is 3. The molecule has 0 aliphatic carbocycles. The molecular weight excluding hydrogens is 298 g/mol. The van der Waals surface area contributed by atoms with E-state index < -0.39 is 0 Å². The molecule has 3 rings (SSSR count). The highest BCUT2D eigenvalue weighted by Gasteiger charge is 2.24. The number of nitrogens with zero attached hydrogens (tertiary/aromatic N) is 3. The largest absolute Gasteiger partial charge is 0.473 e. The van der Waals surface area contributed by atoms with E-state index in [1.54, 1.807) is 23.2 Å². The molecule has 2 aliphatic heterocycles. The molecule has 0 saturated carbocycles. The Balaban J connectivity index is 1.58. The van der Waals surface area contributed by atoms with Gasteiger partial charge in [-0.25, -0.2) is 4.98 Å². The van der Waals surface area contributed by atoms with E-state index in [9.17, 15) is 4.79 Å². The molecule has 6 heteroatoms. The molecule has 0 spiro atoms. The number of likely N-dealkylation sites (tertiary alicyclic amines) is 1. The molecule has 1 aromatic heterocycles. The number of hydrogen-bond acceptors (Lipinski definition) is 5. The molecular formula is C16H19N3O2S. The van der Waals surface area contributed by atoms with Crippen molar-refractivity contribution in [3.05, 3.63) is 23.9 Å². The second kappa shape index (κ2) is 7.01. The minimum Gasteiger partial charge on any atom is -0.473 e. The quantitative estimate of drug-likeness (QED) is 0.856. The Hall–Kier alpha value is -1.74. The molecule has 1 amide bonds. The van der Waals surface area contributed by atoms with Crippen molar-refractivity contribution in [1.29, 1.82) is 5.26 Å². The molecule has 1 unspecified atom stereocenters. The van der Waals surface area contributed by atoms with Crippen LogP contribution in [0.3, 0.4) is 0 Å². The molecule has 1 atom stereocenters. The Kier molecular flexibility index (Phi) is 4.84. The molecule has 0 aromatic carbocycles. The molecule has 2 fully saturated rings. The SMILES string of the molecule is N#CC1CCN(C(=O)c2ccc(OC3CCSC3)nc2)CC1. The van der Waals surface area contributed by atoms with Crippen molar-refractivity contribution in [3.63, 3.8) is 0 Å². The van der Waals surface area contributed by atoms with E-state index in [1.165, 1.54) is 0 Å². The predicted molar refractivity (Wildman–Crippen MR) is 84.8 cm³/mol. The fourth-order valence-corrected chi connectivity index (χ4v) is 3.84. The normalized spacial score (nSPS) is 22.3. The van der Waals surface area contributed by atoms with Crippen LogP contribution in [-0.4, -0.2) is 46.5 Å². The Morgan fingerprint density at radius 3 is 2.77 bits per heavy atom. The number of ether oxygens (including phenoxy) is 1. The van der Waals surface area contributed by atoms with Crippen LogP contribution < -0.4 is 4.74 Å². The molecule has 1 aromatic rings. The van der Waals surface area contributed by atoms with Gasteiger partial charge in [0.1, 0.15) is 6.10 Å². The highest BCUT2D eigenvalue weighted by molar-refractivity contribution is 7.99. The van der Waals surface area contributed by atoms with E-state index in [2.05, 4.69) is 11.1 Å². The van der Waals surface area contributed by atoms with Gasteiger partial charge >= 0.3 is 0 Å². The zero-order chi connectivity index (χ0) is 15.4. The standard InChI is InChI=1S/C16H19N3O2S/c17-9-12-3-6-19(7-4-12)16(20)13-1-2-15(18-10-13)21-14-5-8-22-11-14/h1-2,10,12,14H,3-8,11H2. The van der Waals surface area contributed by atoms with Gasteiger partial charge in [0.05, 0.1) is 11.6 Å². The maximum atomic E-state index is 12.4. The maximum absolute atomic E-state index is 12.4. The van der Waals surface area contributed by atoms with Crippen molar-refractivity contribution >= 4 is 17.7 Å². The number of hydrogen-bond donors (Lipinski definition) is 0. The fraction of sp³-hybridized carbons (Fsp3) is 0.562. The minimum absolute atomic E-state index is 0.00754. The van der Waals surface area contributed by atoms with Gasteiger partial charge in [-0.3, -0.25) is 4.79 Å². The van der Waals surface area contributed by atoms with Crippen molar-refractivity contribution in [2.24, 2.45) is 5.92 Å². The van der Waals surface area contributed by atoms with Gasteiger partial charge in [0.2, 0.25) is 5.88 Å². The summed E-state index contributed by atoms with van der Waals surface area (Å²) in [6.45, 7) is 1.29. The van der Waals surface area contributed by atoms with Gasteiger partial charge in [0, 0.05) is 37.0 Å². The first-order valence-corrected chi connectivity index (χ1v) is 8.81. The highest BCUT2D eigenvalue weighted by atomic mass is 32.2. The lowest BCUT2D eigenvalue weighted by Gasteiger charge is -2.29. The molecule has 2 saturated heterocycles. The van der Waals surface area contributed by atoms with Gasteiger partial charge in [-0.2, -0.15) is 17.0 Å². The van der Waals surface area contributed by atoms with E-state index in [-0.39, 0.29) is 17.9 Å². The Morgan fingerprint density at radius 2 is 2.18 bits per heavy atom. The van der Waals surface area contributed by atoms with Crippen LogP contribution in [0.15, 0.2) is 18.3 Å². The summed E-state index contributed by atoms with van der Waals surface area (Å²) in [6, 6.07) is 5.83. The maximum Gasteiger partial charge on any atom is 0.255 e. The molecule has 2 aliphatic rings. The second-order valence-electron chi connectivity index (χ2n) is 5.68. The van der Waals surface area contributed by atoms with Gasteiger partial charge in [0.15, 0.2) is 0 Å². The van der Waals surface area contributed by atoms with Gasteiger partial charge in [0.25, 0.3) is 5.91 Å². The zero-order valence-electron chi connectivity index (χ0n) is 12.4. The fourth-order valence-electron chi connectivity index (χ4n) is 2.75. The summed E-state index contributed by atoms with van der Waals surface area (Å²) in [5.74, 6) is 2.82. The molecule has 22 heavy (non-hydrogen) atoms. The second-order valence-corrected chi connectivity index (χ2v) is 6.83. The van der Waals surface area contributed by atoms with Crippen LogP contribution in [-0.2, 0) is 0 Å². The Labute approximate surface area is 134 Å². The van der Waals surface area contributed by atoms with Gasteiger partial charge in [-0.15, -0.1) is 0 Å². The predicted octanol–water partition coefficient (Wildman–Crippen LogP) is 2.34. The Bertz CT molecular complexity index is 556. The topological polar surface area (TPSA) is 66.2 Å². The third kappa shape index (κ3) is 3.53. The van der Waals surface area contributed by atoms with Crippen LogP contribution in [0.1, 0.15) is 29.6 Å². The molecule has 0 radical (unpaired) electrons. The number of carbonyl (C=O) groups excluding carboxylic acids is 1. The molecule has 5 nitrogen and oxygen atoms in total. The van der Waals surface area contributed by atoms with E-state index in [4.69, 9.17) is 10.00 Å². The lowest BCUT2D eigenvalue weighted by Crippen LogP contribution is -2.38. The van der Waals surface area contributed by atoms with E-state index in [0.717, 1.165) is 30.8 Å². The summed E-state index contributed by atoms with van der Waals surface area (Å²) in [5, 5.41) is 8.90. The van der Waals surface area contributed by atoms with Crippen LogP contribution in [0.2, 0.25) is 0 Å². The summed E-state index contributed by atoms with van der Waals surface area (Å²) in [5.41, 5.74) is 0.587. The number of amides is 1. The third-order valence-electron chi connectivity index (χ3n) is 4.12. The molecule has 0 N–H and O–H groups in total. The number of carbonyl (C=O) groups is 1. The van der Waals surface area contributed by atoms with Crippen molar-refractivity contribution in [2.75, 3.05) is 24.6 Å². The van der Waals surface area contributed by atoms with Crippen molar-refractivity contribution in [3.8, 4) is 11.9 Å². The highest BCUT2D eigenvalue weighted by Crippen LogP contribution is 2.22. The number of pyridine rings is 1. The van der Waals surface area contributed by atoms with Crippen LogP contribution in [0.5, 0.6) is 5.88 Å². The summed E-state index contributed by atoms with van der Waals surface area (Å²) in [6.07, 6.45) is 4.41. The van der Waals surface area contributed by atoms with Gasteiger partial charge in [-0.05, 0) is 31.1 Å². The third-order valence-corrected chi connectivity index (χ3v) is 5.26. The molecule has 3 heterocycles. The average Bonchev–Trinajstić information content (AvgIpc) is 3.08. The van der Waals surface area contributed by atoms with E-state index in [1.807, 2.05) is 11.8 Å². The van der Waals surface area contributed by atoms with Crippen LogP contribution in [0, 0.1) is 17.2 Å². The van der Waals surface area contributed by atoms with Crippen molar-refractivity contribution in [1.82, 2.24) is 9.88 Å². The molecule has 0 bridgehead atoms. The first-order valence-electron chi connectivity index (χ1n) is 7.65. The van der Waals surface area contributed by atoms with Crippen LogP contribution >= 0.6 is 11.8 Å². The van der Waals surface area contributed by atoms with Crippen LogP contribution in [0.25, 0.3) is 0 Å². The lowest BCUT2D eigenvalue weighted by atomic mass is 9.98. The van der Waals surface area contributed by atoms with Crippen molar-refractivity contribution in [2.45, 2.75) is 25.4 Å². The monoisotopic (exact) mass is 317 g/mol. The Morgan fingerprint density at radius 1 is 1.36 bits per heavy atom. The van der Waals surface area contributed by atoms with Crippen molar-refractivity contribution < 1.29 is 9.53 Å². The van der Waals surface area contributed by atoms with E-state index >= 15 is 0 Å². The summed E-state index contributed by atoms with van der Waals surface area (Å²) in [7, 11) is 0. The lowest BCUT2D eigenvalue weighted by molar-refractivity contribution is 0.0706. The first kappa shape index (κ1) is 15.2. The smallest absolute Gasteiger partial charge is 0.255 e. The number of nitriles is 1. The van der Waals surface area contributed by atoms with E-state index in [0.29, 0.717) is 24.5 Å². The average molecular weight is 317 g/mol. The minimum atomic E-state index is -0.00754. The first-order chi connectivity index (χ1) is 10.8. The number of piperidine rings is 1. The summed E-state index contributed by atoms with van der Waals surface area (Å²) >= 11 is 1.89. The number of aromatic nitrogens is 1. The molecule has 116 valence electrons. The van der Waals surface area contributed by atoms with Crippen LogP contribution in [0.4, 0.5) is 0 Å². The zero-order valence-corrected chi connectivity index (χ0v) is 13.2. The summed E-state index contributed by atoms with van der Waals surface area (Å²) < 4.78 is 5.79. The van der Waals surface area contributed by atoms with Gasteiger partial charge in [-0.1, -0.05) is 0 Å². The van der Waals surface area contributed by atoms with Gasteiger partial charge < -0.3 is 9.64 Å².